The summed E-state index contributed by atoms with van der Waals surface area (Å²) in [5.74, 6) is 7.14. The molecule has 0 saturated heterocycles. The van der Waals surface area contributed by atoms with Gasteiger partial charge in [-0.2, -0.15) is 5.10 Å². The van der Waals surface area contributed by atoms with Crippen LogP contribution in [0.15, 0.2) is 22.4 Å². The van der Waals surface area contributed by atoms with Gasteiger partial charge in [-0.15, -0.1) is 0 Å². The van der Waals surface area contributed by atoms with E-state index in [4.69, 9.17) is 15.6 Å². The molecule has 0 amide bonds. The van der Waals surface area contributed by atoms with Gasteiger partial charge in [-0.05, 0) is 51.4 Å². The fraction of sp³-hybridized carbons (Fsp3) is 0.778. The van der Waals surface area contributed by atoms with Crippen molar-refractivity contribution in [2.24, 2.45) is 21.9 Å². The monoisotopic (exact) mass is 307 g/mol. The van der Waals surface area contributed by atoms with Gasteiger partial charge in [0, 0.05) is 6.54 Å². The standard InChI is InChI=1S/C18H33N3O/c1-15(2)22-14-7-5-4-6-13-20-17-10-8-9-16(3)11-12-18(17)21-19/h16H,1,4-14,19H2,2-3H3. The van der Waals surface area contributed by atoms with E-state index in [-0.39, 0.29) is 0 Å². The molecule has 1 aliphatic carbocycles. The minimum Gasteiger partial charge on any atom is -0.499 e. The molecule has 0 aliphatic heterocycles. The van der Waals surface area contributed by atoms with Crippen LogP contribution in [0.3, 0.4) is 0 Å². The second kappa shape index (κ2) is 11.3. The first-order valence-electron chi connectivity index (χ1n) is 8.72. The lowest BCUT2D eigenvalue weighted by atomic mass is 9.90. The van der Waals surface area contributed by atoms with E-state index in [0.717, 1.165) is 61.9 Å². The minimum atomic E-state index is 0.778. The minimum absolute atomic E-state index is 0.778. The predicted molar refractivity (Wildman–Crippen MR) is 95.4 cm³/mol. The number of hydrazone groups is 1. The molecule has 1 fully saturated rings. The maximum atomic E-state index is 5.56. The zero-order valence-corrected chi connectivity index (χ0v) is 14.4. The molecule has 22 heavy (non-hydrogen) atoms. The summed E-state index contributed by atoms with van der Waals surface area (Å²) in [5.41, 5.74) is 2.18. The first kappa shape index (κ1) is 18.7. The van der Waals surface area contributed by atoms with Gasteiger partial charge in [0.15, 0.2) is 0 Å². The molecule has 1 saturated carbocycles. The molecule has 1 rings (SSSR count). The number of unbranched alkanes of at least 4 members (excludes halogenated alkanes) is 3. The Labute approximate surface area is 135 Å². The average Bonchev–Trinajstić information content (AvgIpc) is 2.47. The highest BCUT2D eigenvalue weighted by atomic mass is 16.5. The third kappa shape index (κ3) is 8.20. The lowest BCUT2D eigenvalue weighted by molar-refractivity contribution is 0.208. The van der Waals surface area contributed by atoms with Crippen molar-refractivity contribution in [3.63, 3.8) is 0 Å². The van der Waals surface area contributed by atoms with Gasteiger partial charge >= 0.3 is 0 Å². The highest BCUT2D eigenvalue weighted by Gasteiger charge is 2.15. The molecule has 0 radical (unpaired) electrons. The van der Waals surface area contributed by atoms with E-state index in [1.165, 1.54) is 32.1 Å². The Kier molecular flexibility index (Phi) is 9.60. The maximum Gasteiger partial charge on any atom is 0.0876 e. The second-order valence-electron chi connectivity index (χ2n) is 6.40. The number of hydrogen-bond donors (Lipinski definition) is 1. The largest absolute Gasteiger partial charge is 0.499 e. The lowest BCUT2D eigenvalue weighted by Gasteiger charge is -2.18. The van der Waals surface area contributed by atoms with Crippen molar-refractivity contribution >= 4 is 11.4 Å². The number of ether oxygens (including phenoxy) is 1. The van der Waals surface area contributed by atoms with Crippen LogP contribution in [0.4, 0.5) is 0 Å². The molecule has 1 atom stereocenters. The summed E-state index contributed by atoms with van der Waals surface area (Å²) in [6.07, 6.45) is 10.3. The Morgan fingerprint density at radius 1 is 1.18 bits per heavy atom. The quantitative estimate of drug-likeness (QED) is 0.311. The van der Waals surface area contributed by atoms with Crippen LogP contribution in [0.1, 0.15) is 71.6 Å². The van der Waals surface area contributed by atoms with Crippen molar-refractivity contribution in [1.82, 2.24) is 0 Å². The van der Waals surface area contributed by atoms with Crippen LogP contribution in [0.25, 0.3) is 0 Å². The van der Waals surface area contributed by atoms with Crippen molar-refractivity contribution in [1.29, 1.82) is 0 Å². The number of nitrogens with zero attached hydrogens (tertiary/aromatic N) is 2. The SMILES string of the molecule is C=C(C)OCCCCCCN=C1CCCC(C)CCC1=NN. The number of hydrogen-bond acceptors (Lipinski definition) is 4. The van der Waals surface area contributed by atoms with E-state index in [0.29, 0.717) is 0 Å². The van der Waals surface area contributed by atoms with Crippen molar-refractivity contribution in [2.75, 3.05) is 13.2 Å². The normalized spacial score (nSPS) is 23.3. The molecular formula is C18H33N3O. The summed E-state index contributed by atoms with van der Waals surface area (Å²) in [7, 11) is 0. The lowest BCUT2D eigenvalue weighted by Crippen LogP contribution is -2.20. The van der Waals surface area contributed by atoms with Crippen LogP contribution in [0.2, 0.25) is 0 Å². The van der Waals surface area contributed by atoms with Gasteiger partial charge in [-0.3, -0.25) is 4.99 Å². The van der Waals surface area contributed by atoms with Gasteiger partial charge in [0.2, 0.25) is 0 Å². The Hall–Kier alpha value is -1.32. The maximum absolute atomic E-state index is 5.56. The Morgan fingerprint density at radius 2 is 1.95 bits per heavy atom. The van der Waals surface area contributed by atoms with Crippen molar-refractivity contribution in [3.8, 4) is 0 Å². The van der Waals surface area contributed by atoms with E-state index in [1.54, 1.807) is 0 Å². The Morgan fingerprint density at radius 3 is 2.68 bits per heavy atom. The number of allylic oxidation sites excluding steroid dienone is 1. The Bertz CT molecular complexity index is 388. The number of aliphatic imine (C=N–C) groups is 1. The molecule has 4 heteroatoms. The van der Waals surface area contributed by atoms with E-state index in [1.807, 2.05) is 6.92 Å². The first-order chi connectivity index (χ1) is 10.6. The van der Waals surface area contributed by atoms with Crippen molar-refractivity contribution < 1.29 is 4.74 Å². The van der Waals surface area contributed by atoms with E-state index >= 15 is 0 Å². The fourth-order valence-corrected chi connectivity index (χ4v) is 2.77. The summed E-state index contributed by atoms with van der Waals surface area (Å²) in [5, 5.41) is 3.98. The van der Waals surface area contributed by atoms with Crippen molar-refractivity contribution in [3.05, 3.63) is 12.3 Å². The summed E-state index contributed by atoms with van der Waals surface area (Å²) >= 11 is 0. The summed E-state index contributed by atoms with van der Waals surface area (Å²) < 4.78 is 5.35. The van der Waals surface area contributed by atoms with E-state index in [2.05, 4.69) is 18.6 Å². The van der Waals surface area contributed by atoms with Gasteiger partial charge < -0.3 is 10.6 Å². The molecule has 1 aliphatic rings. The summed E-state index contributed by atoms with van der Waals surface area (Å²) in [6, 6.07) is 0. The predicted octanol–water partition coefficient (Wildman–Crippen LogP) is 4.45. The molecule has 1 unspecified atom stereocenters. The van der Waals surface area contributed by atoms with Gasteiger partial charge in [-0.25, -0.2) is 0 Å². The van der Waals surface area contributed by atoms with Gasteiger partial charge in [0.05, 0.1) is 23.8 Å². The highest BCUT2D eigenvalue weighted by molar-refractivity contribution is 6.42. The molecule has 0 aromatic carbocycles. The van der Waals surface area contributed by atoms with E-state index < -0.39 is 0 Å². The third-order valence-electron chi connectivity index (χ3n) is 4.18. The molecule has 0 aromatic heterocycles. The number of nitrogens with two attached hydrogens (primary N) is 1. The molecule has 0 spiro atoms. The third-order valence-corrected chi connectivity index (χ3v) is 4.18. The Balaban J connectivity index is 2.24. The van der Waals surface area contributed by atoms with Crippen molar-refractivity contribution in [2.45, 2.75) is 71.6 Å². The number of rotatable bonds is 8. The van der Waals surface area contributed by atoms with Crippen LogP contribution in [0.5, 0.6) is 0 Å². The molecule has 4 nitrogen and oxygen atoms in total. The van der Waals surface area contributed by atoms with Crippen LogP contribution in [-0.4, -0.2) is 24.6 Å². The highest BCUT2D eigenvalue weighted by Crippen LogP contribution is 2.19. The molecular weight excluding hydrogens is 274 g/mol. The van der Waals surface area contributed by atoms with Gasteiger partial charge in [-0.1, -0.05) is 32.8 Å². The van der Waals surface area contributed by atoms with E-state index in [9.17, 15) is 0 Å². The molecule has 0 heterocycles. The van der Waals surface area contributed by atoms with Crippen LogP contribution >= 0.6 is 0 Å². The van der Waals surface area contributed by atoms with Crippen LogP contribution in [-0.2, 0) is 4.74 Å². The van der Waals surface area contributed by atoms with Gasteiger partial charge in [0.1, 0.15) is 0 Å². The molecule has 2 N–H and O–H groups in total. The zero-order valence-electron chi connectivity index (χ0n) is 14.4. The van der Waals surface area contributed by atoms with Gasteiger partial charge in [0.25, 0.3) is 0 Å². The first-order valence-corrected chi connectivity index (χ1v) is 8.72. The van der Waals surface area contributed by atoms with Crippen LogP contribution in [0, 0.1) is 5.92 Å². The molecule has 0 bridgehead atoms. The average molecular weight is 307 g/mol. The molecule has 0 aromatic rings. The topological polar surface area (TPSA) is 60.0 Å². The summed E-state index contributed by atoms with van der Waals surface area (Å²) in [6.45, 7) is 9.61. The molecule has 126 valence electrons. The second-order valence-corrected chi connectivity index (χ2v) is 6.40. The fourth-order valence-electron chi connectivity index (χ4n) is 2.77. The van der Waals surface area contributed by atoms with Crippen LogP contribution < -0.4 is 5.84 Å². The smallest absolute Gasteiger partial charge is 0.0876 e. The summed E-state index contributed by atoms with van der Waals surface area (Å²) in [4.78, 5) is 4.77. The zero-order chi connectivity index (χ0) is 16.2.